The van der Waals surface area contributed by atoms with Crippen molar-refractivity contribution in [1.82, 2.24) is 15.2 Å². The van der Waals surface area contributed by atoms with E-state index in [9.17, 15) is 8.42 Å². The molecule has 1 aromatic carbocycles. The molecule has 0 amide bonds. The molecule has 0 aliphatic carbocycles. The minimum atomic E-state index is -3.40. The number of nitrogens with one attached hydrogen (secondary N) is 1. The van der Waals surface area contributed by atoms with Crippen LogP contribution in [-0.2, 0) is 9.84 Å². The van der Waals surface area contributed by atoms with Crippen LogP contribution in [0, 0.1) is 0 Å². The Morgan fingerprint density at radius 1 is 1.25 bits per heavy atom. The molecule has 0 saturated heterocycles. The lowest BCUT2D eigenvalue weighted by Gasteiger charge is -2.13. The molecule has 1 heterocycles. The number of aromatic nitrogens is 3. The summed E-state index contributed by atoms with van der Waals surface area (Å²) in [5.41, 5.74) is 5.87. The van der Waals surface area contributed by atoms with Gasteiger partial charge in [0.2, 0.25) is 5.95 Å². The third-order valence-electron chi connectivity index (χ3n) is 2.65. The van der Waals surface area contributed by atoms with Gasteiger partial charge in [0, 0.05) is 0 Å². The molecule has 0 fully saturated rings. The van der Waals surface area contributed by atoms with Crippen molar-refractivity contribution >= 4 is 27.3 Å². The van der Waals surface area contributed by atoms with Crippen molar-refractivity contribution in [2.24, 2.45) is 0 Å². The monoisotopic (exact) mass is 293 g/mol. The first-order valence-corrected chi connectivity index (χ1v) is 7.51. The molecular weight excluding hydrogens is 278 g/mol. The molecule has 2 aromatic rings. The molecule has 20 heavy (non-hydrogen) atoms. The second kappa shape index (κ2) is 5.41. The van der Waals surface area contributed by atoms with E-state index in [1.807, 2.05) is 0 Å². The van der Waals surface area contributed by atoms with Gasteiger partial charge in [-0.25, -0.2) is 8.42 Å². The molecule has 3 N–H and O–H groups in total. The highest BCUT2D eigenvalue weighted by atomic mass is 32.2. The highest BCUT2D eigenvalue weighted by molar-refractivity contribution is 7.92. The van der Waals surface area contributed by atoms with E-state index in [0.29, 0.717) is 11.5 Å². The third-order valence-corrected chi connectivity index (χ3v) is 4.86. The van der Waals surface area contributed by atoms with E-state index in [4.69, 9.17) is 5.73 Å². The first kappa shape index (κ1) is 14.2. The zero-order valence-corrected chi connectivity index (χ0v) is 11.9. The maximum absolute atomic E-state index is 12.3. The van der Waals surface area contributed by atoms with Gasteiger partial charge in [0.15, 0.2) is 15.7 Å². The topological polar surface area (TPSA) is 111 Å². The van der Waals surface area contributed by atoms with Gasteiger partial charge in [0.1, 0.15) is 0 Å². The lowest BCUT2D eigenvalue weighted by molar-refractivity contribution is 0.588. The summed E-state index contributed by atoms with van der Waals surface area (Å²) in [4.78, 5) is 4.15. The molecule has 0 aliphatic heterocycles. The molecule has 7 nitrogen and oxygen atoms in total. The number of anilines is 3. The predicted molar refractivity (Wildman–Crippen MR) is 76.3 cm³/mol. The average molecular weight is 293 g/mol. The fourth-order valence-corrected chi connectivity index (χ4v) is 2.79. The van der Waals surface area contributed by atoms with Gasteiger partial charge in [-0.3, -0.25) is 0 Å². The standard InChI is InChI=1S/C12H15N5O2S/c1-8(2)20(18,19)10-6-4-3-5-9(10)15-11-7-14-17-12(13)16-11/h3-8H,1-2H3,(H3,13,15,16,17). The zero-order chi connectivity index (χ0) is 14.8. The van der Waals surface area contributed by atoms with Crippen molar-refractivity contribution in [1.29, 1.82) is 0 Å². The molecule has 0 unspecified atom stereocenters. The maximum atomic E-state index is 12.3. The summed E-state index contributed by atoms with van der Waals surface area (Å²) in [6, 6.07) is 6.62. The van der Waals surface area contributed by atoms with Gasteiger partial charge in [0.25, 0.3) is 0 Å². The van der Waals surface area contributed by atoms with Gasteiger partial charge in [0.05, 0.1) is 22.0 Å². The molecule has 0 saturated carbocycles. The molecule has 0 spiro atoms. The van der Waals surface area contributed by atoms with Crippen LogP contribution in [0.15, 0.2) is 35.4 Å². The largest absolute Gasteiger partial charge is 0.366 e. The molecule has 0 atom stereocenters. The summed E-state index contributed by atoms with van der Waals surface area (Å²) >= 11 is 0. The van der Waals surface area contributed by atoms with Crippen LogP contribution in [0.4, 0.5) is 17.5 Å². The van der Waals surface area contributed by atoms with E-state index in [-0.39, 0.29) is 10.8 Å². The van der Waals surface area contributed by atoms with E-state index in [2.05, 4.69) is 20.5 Å². The smallest absolute Gasteiger partial charge is 0.242 e. The lowest BCUT2D eigenvalue weighted by atomic mass is 10.3. The average Bonchev–Trinajstić information content (AvgIpc) is 2.39. The van der Waals surface area contributed by atoms with E-state index in [0.717, 1.165) is 0 Å². The molecule has 2 rings (SSSR count). The molecule has 8 heteroatoms. The van der Waals surface area contributed by atoms with Crippen molar-refractivity contribution in [2.75, 3.05) is 11.1 Å². The highest BCUT2D eigenvalue weighted by Gasteiger charge is 2.22. The van der Waals surface area contributed by atoms with Crippen LogP contribution in [0.3, 0.4) is 0 Å². The predicted octanol–water partition coefficient (Wildman–Crippen LogP) is 1.38. The van der Waals surface area contributed by atoms with Crippen LogP contribution in [0.1, 0.15) is 13.8 Å². The number of hydrogen-bond acceptors (Lipinski definition) is 7. The van der Waals surface area contributed by atoms with Crippen LogP contribution >= 0.6 is 0 Å². The van der Waals surface area contributed by atoms with Crippen LogP contribution < -0.4 is 11.1 Å². The summed E-state index contributed by atoms with van der Waals surface area (Å²) in [7, 11) is -3.40. The first-order chi connectivity index (χ1) is 9.41. The van der Waals surface area contributed by atoms with Crippen molar-refractivity contribution in [3.05, 3.63) is 30.5 Å². The second-order valence-electron chi connectivity index (χ2n) is 4.41. The molecule has 0 radical (unpaired) electrons. The van der Waals surface area contributed by atoms with E-state index >= 15 is 0 Å². The number of nitrogens with two attached hydrogens (primary N) is 1. The van der Waals surface area contributed by atoms with Gasteiger partial charge in [-0.2, -0.15) is 10.1 Å². The van der Waals surface area contributed by atoms with Crippen molar-refractivity contribution < 1.29 is 8.42 Å². The quantitative estimate of drug-likeness (QED) is 0.875. The number of hydrogen-bond donors (Lipinski definition) is 2. The zero-order valence-electron chi connectivity index (χ0n) is 11.1. The fraction of sp³-hybridized carbons (Fsp3) is 0.250. The lowest BCUT2D eigenvalue weighted by Crippen LogP contribution is -2.15. The van der Waals surface area contributed by atoms with Crippen LogP contribution in [0.25, 0.3) is 0 Å². The Balaban J connectivity index is 2.44. The van der Waals surface area contributed by atoms with E-state index in [1.54, 1.807) is 38.1 Å². The normalized spacial score (nSPS) is 11.6. The molecule has 0 aliphatic rings. The van der Waals surface area contributed by atoms with Crippen molar-refractivity contribution in [2.45, 2.75) is 24.0 Å². The number of benzene rings is 1. The summed E-state index contributed by atoms with van der Waals surface area (Å²) in [5.74, 6) is 0.350. The summed E-state index contributed by atoms with van der Waals surface area (Å²) in [6.07, 6.45) is 1.37. The van der Waals surface area contributed by atoms with E-state index in [1.165, 1.54) is 6.20 Å². The number of nitrogens with zero attached hydrogens (tertiary/aromatic N) is 3. The van der Waals surface area contributed by atoms with Crippen molar-refractivity contribution in [3.8, 4) is 0 Å². The Morgan fingerprint density at radius 2 is 1.95 bits per heavy atom. The second-order valence-corrected chi connectivity index (χ2v) is 6.89. The summed E-state index contributed by atoms with van der Waals surface area (Å²) in [6.45, 7) is 3.27. The van der Waals surface area contributed by atoms with Crippen LogP contribution in [0.5, 0.6) is 0 Å². The minimum Gasteiger partial charge on any atom is -0.366 e. The Kier molecular flexibility index (Phi) is 3.84. The summed E-state index contributed by atoms with van der Waals surface area (Å²) in [5, 5.41) is 9.58. The number of sulfone groups is 1. The van der Waals surface area contributed by atoms with Gasteiger partial charge < -0.3 is 11.1 Å². The SMILES string of the molecule is CC(C)S(=O)(=O)c1ccccc1Nc1cnnc(N)n1. The minimum absolute atomic E-state index is 0.0131. The van der Waals surface area contributed by atoms with Crippen LogP contribution in [0.2, 0.25) is 0 Å². The molecule has 1 aromatic heterocycles. The highest BCUT2D eigenvalue weighted by Crippen LogP contribution is 2.26. The Labute approximate surface area is 117 Å². The number of para-hydroxylation sites is 1. The van der Waals surface area contributed by atoms with Crippen molar-refractivity contribution in [3.63, 3.8) is 0 Å². The maximum Gasteiger partial charge on any atom is 0.242 e. The Morgan fingerprint density at radius 3 is 2.60 bits per heavy atom. The molecule has 106 valence electrons. The van der Waals surface area contributed by atoms with Gasteiger partial charge in [-0.1, -0.05) is 12.1 Å². The fourth-order valence-electron chi connectivity index (χ4n) is 1.59. The Hall–Kier alpha value is -2.22. The summed E-state index contributed by atoms with van der Waals surface area (Å²) < 4.78 is 24.6. The number of nitrogen functional groups attached to an aromatic ring is 1. The van der Waals surface area contributed by atoms with Gasteiger partial charge in [-0.15, -0.1) is 5.10 Å². The van der Waals surface area contributed by atoms with E-state index < -0.39 is 15.1 Å². The van der Waals surface area contributed by atoms with Gasteiger partial charge in [-0.05, 0) is 26.0 Å². The van der Waals surface area contributed by atoms with Crippen LogP contribution in [-0.4, -0.2) is 28.8 Å². The first-order valence-electron chi connectivity index (χ1n) is 5.96. The third kappa shape index (κ3) is 2.85. The molecule has 0 bridgehead atoms. The Bertz CT molecular complexity index is 715. The molecular formula is C12H15N5O2S. The number of rotatable bonds is 4. The van der Waals surface area contributed by atoms with Gasteiger partial charge >= 0.3 is 0 Å².